The predicted molar refractivity (Wildman–Crippen MR) is 70.1 cm³/mol. The van der Waals surface area contributed by atoms with Gasteiger partial charge in [0.2, 0.25) is 5.78 Å². The molecule has 6 nitrogen and oxygen atoms in total. The number of benzene rings is 2. The molecule has 2 aromatic rings. The fourth-order valence-corrected chi connectivity index (χ4v) is 2.43. The van der Waals surface area contributed by atoms with Crippen LogP contribution in [-0.2, 0) is 0 Å². The van der Waals surface area contributed by atoms with Crippen LogP contribution in [0.1, 0.15) is 42.2 Å². The van der Waals surface area contributed by atoms with Crippen LogP contribution in [0.4, 0.5) is 0 Å². The summed E-state index contributed by atoms with van der Waals surface area (Å²) in [7, 11) is 0. The van der Waals surface area contributed by atoms with Crippen molar-refractivity contribution in [3.8, 4) is 17.2 Å². The first kappa shape index (κ1) is 12.9. The molecule has 0 radical (unpaired) electrons. The Morgan fingerprint density at radius 1 is 0.857 bits per heavy atom. The average Bonchev–Trinajstić information content (AvgIpc) is 2.44. The van der Waals surface area contributed by atoms with E-state index >= 15 is 0 Å². The topological polar surface area (TPSA) is 112 Å². The second-order valence-electron chi connectivity index (χ2n) is 4.56. The average molecular weight is 284 g/mol. The van der Waals surface area contributed by atoms with Gasteiger partial charge >= 0.3 is 0 Å². The van der Waals surface area contributed by atoms with Gasteiger partial charge in [-0.2, -0.15) is 0 Å². The molecule has 1 aliphatic rings. The number of fused-ring (bicyclic) bond motifs is 2. The highest BCUT2D eigenvalue weighted by Gasteiger charge is 2.35. The third-order valence-electron chi connectivity index (χ3n) is 3.42. The number of aldehydes is 1. The van der Waals surface area contributed by atoms with Crippen molar-refractivity contribution in [3.05, 3.63) is 52.1 Å². The molecule has 0 fully saturated rings. The lowest BCUT2D eigenvalue weighted by Crippen LogP contribution is -2.21. The van der Waals surface area contributed by atoms with Crippen molar-refractivity contribution in [1.82, 2.24) is 0 Å². The van der Waals surface area contributed by atoms with E-state index in [0.29, 0.717) is 0 Å². The number of rotatable bonds is 1. The Labute approximate surface area is 117 Å². The number of carbonyl (C=O) groups is 3. The number of phenolic OH excluding ortho intramolecular Hbond substituents is 3. The van der Waals surface area contributed by atoms with Gasteiger partial charge in [0.15, 0.2) is 12.1 Å². The zero-order chi connectivity index (χ0) is 15.3. The highest BCUT2D eigenvalue weighted by atomic mass is 16.3. The maximum absolute atomic E-state index is 12.4. The summed E-state index contributed by atoms with van der Waals surface area (Å²) in [5.74, 6) is -3.16. The van der Waals surface area contributed by atoms with Crippen LogP contribution >= 0.6 is 0 Å². The molecule has 1 aliphatic carbocycles. The molecule has 0 amide bonds. The maximum Gasteiger partial charge on any atom is 0.201 e. The summed E-state index contributed by atoms with van der Waals surface area (Å²) in [6, 6.07) is 4.98. The fraction of sp³-hybridized carbons (Fsp3) is 0. The van der Waals surface area contributed by atoms with Crippen molar-refractivity contribution < 1.29 is 29.7 Å². The first-order valence-corrected chi connectivity index (χ1v) is 5.92. The van der Waals surface area contributed by atoms with E-state index in [-0.39, 0.29) is 23.0 Å². The Balaban J connectivity index is 2.42. The molecule has 0 aromatic heterocycles. The molecule has 0 unspecified atom stereocenters. The van der Waals surface area contributed by atoms with E-state index in [1.807, 2.05) is 0 Å². The van der Waals surface area contributed by atoms with Crippen LogP contribution in [-0.4, -0.2) is 33.2 Å². The summed E-state index contributed by atoms with van der Waals surface area (Å²) in [5.41, 5.74) is -1.33. The highest BCUT2D eigenvalue weighted by molar-refractivity contribution is 6.30. The normalized spacial score (nSPS) is 12.8. The van der Waals surface area contributed by atoms with E-state index in [9.17, 15) is 29.7 Å². The van der Waals surface area contributed by atoms with Crippen LogP contribution in [0, 0.1) is 0 Å². The Morgan fingerprint density at radius 3 is 2.24 bits per heavy atom. The molecule has 21 heavy (non-hydrogen) atoms. The molecular formula is C15H8O6. The lowest BCUT2D eigenvalue weighted by atomic mass is 9.82. The molecular weight excluding hydrogens is 276 g/mol. The lowest BCUT2D eigenvalue weighted by Gasteiger charge is -2.20. The molecule has 6 heteroatoms. The van der Waals surface area contributed by atoms with Gasteiger partial charge in [0, 0.05) is 11.1 Å². The van der Waals surface area contributed by atoms with Gasteiger partial charge in [-0.3, -0.25) is 14.4 Å². The highest BCUT2D eigenvalue weighted by Crippen LogP contribution is 2.40. The van der Waals surface area contributed by atoms with E-state index in [4.69, 9.17) is 0 Å². The van der Waals surface area contributed by atoms with E-state index in [2.05, 4.69) is 0 Å². The molecule has 0 aliphatic heterocycles. The van der Waals surface area contributed by atoms with Gasteiger partial charge in [-0.05, 0) is 12.1 Å². The molecule has 0 atom stereocenters. The van der Waals surface area contributed by atoms with Gasteiger partial charge in [0.1, 0.15) is 17.2 Å². The molecule has 3 N–H and O–H groups in total. The Hall–Kier alpha value is -3.15. The number of ketones is 2. The number of hydrogen-bond donors (Lipinski definition) is 3. The van der Waals surface area contributed by atoms with Crippen LogP contribution in [0.2, 0.25) is 0 Å². The second-order valence-corrected chi connectivity index (χ2v) is 4.56. The monoisotopic (exact) mass is 284 g/mol. The number of aromatic hydroxyl groups is 3. The largest absolute Gasteiger partial charge is 0.507 e. The smallest absolute Gasteiger partial charge is 0.201 e. The van der Waals surface area contributed by atoms with Gasteiger partial charge in [-0.25, -0.2) is 0 Å². The third kappa shape index (κ3) is 1.56. The molecule has 3 rings (SSSR count). The molecule has 2 aromatic carbocycles. The molecule has 0 spiro atoms. The van der Waals surface area contributed by atoms with Gasteiger partial charge in [0.05, 0.1) is 16.7 Å². The van der Waals surface area contributed by atoms with Crippen molar-refractivity contribution in [3.63, 3.8) is 0 Å². The van der Waals surface area contributed by atoms with Crippen molar-refractivity contribution in [1.29, 1.82) is 0 Å². The van der Waals surface area contributed by atoms with Crippen LogP contribution in [0.25, 0.3) is 0 Å². The Kier molecular flexibility index (Phi) is 2.56. The molecule has 0 heterocycles. The number of carbonyl (C=O) groups excluding carboxylic acids is 3. The van der Waals surface area contributed by atoms with Crippen LogP contribution in [0.3, 0.4) is 0 Å². The zero-order valence-corrected chi connectivity index (χ0v) is 10.5. The summed E-state index contributed by atoms with van der Waals surface area (Å²) in [6.45, 7) is 0. The van der Waals surface area contributed by atoms with Gasteiger partial charge < -0.3 is 15.3 Å². The Bertz CT molecular complexity index is 835. The quantitative estimate of drug-likeness (QED) is 0.582. The minimum absolute atomic E-state index is 0.0230. The van der Waals surface area contributed by atoms with Crippen LogP contribution in [0.5, 0.6) is 17.2 Å². The molecule has 0 saturated heterocycles. The summed E-state index contributed by atoms with van der Waals surface area (Å²) in [5, 5.41) is 29.4. The van der Waals surface area contributed by atoms with Gasteiger partial charge in [-0.15, -0.1) is 0 Å². The van der Waals surface area contributed by atoms with Gasteiger partial charge in [0.25, 0.3) is 0 Å². The summed E-state index contributed by atoms with van der Waals surface area (Å²) in [4.78, 5) is 35.6. The number of hydrogen-bond acceptors (Lipinski definition) is 6. The van der Waals surface area contributed by atoms with E-state index in [0.717, 1.165) is 6.07 Å². The predicted octanol–water partition coefficient (Wildman–Crippen LogP) is 1.39. The minimum Gasteiger partial charge on any atom is -0.507 e. The van der Waals surface area contributed by atoms with E-state index in [1.54, 1.807) is 0 Å². The second kappa shape index (κ2) is 4.17. The van der Waals surface area contributed by atoms with E-state index < -0.39 is 39.9 Å². The SMILES string of the molecule is O=Cc1c(O)cc2c(c1O)C(=O)c1c(O)cccc1C2=O. The molecule has 0 saturated carbocycles. The number of phenols is 3. The van der Waals surface area contributed by atoms with Crippen LogP contribution < -0.4 is 0 Å². The molecule has 0 bridgehead atoms. The first-order valence-electron chi connectivity index (χ1n) is 5.92. The fourth-order valence-electron chi connectivity index (χ4n) is 2.43. The lowest BCUT2D eigenvalue weighted by molar-refractivity contribution is 0.0973. The maximum atomic E-state index is 12.4. The molecule has 104 valence electrons. The summed E-state index contributed by atoms with van der Waals surface area (Å²) in [6.07, 6.45) is 0.184. The van der Waals surface area contributed by atoms with Crippen molar-refractivity contribution >= 4 is 17.9 Å². The van der Waals surface area contributed by atoms with Crippen LogP contribution in [0.15, 0.2) is 24.3 Å². The summed E-state index contributed by atoms with van der Waals surface area (Å²) >= 11 is 0. The van der Waals surface area contributed by atoms with Gasteiger partial charge in [-0.1, -0.05) is 12.1 Å². The van der Waals surface area contributed by atoms with Crippen molar-refractivity contribution in [2.75, 3.05) is 0 Å². The Morgan fingerprint density at radius 2 is 1.57 bits per heavy atom. The summed E-state index contributed by atoms with van der Waals surface area (Å²) < 4.78 is 0. The standard InChI is InChI=1S/C15H8O6/c16-5-8-10(18)4-7-12(14(8)20)15(21)11-6(13(7)19)2-1-3-9(11)17/h1-5,17-18,20H. The third-order valence-corrected chi connectivity index (χ3v) is 3.42. The minimum atomic E-state index is -0.779. The van der Waals surface area contributed by atoms with Crippen molar-refractivity contribution in [2.45, 2.75) is 0 Å². The van der Waals surface area contributed by atoms with Crippen molar-refractivity contribution in [2.24, 2.45) is 0 Å². The zero-order valence-electron chi connectivity index (χ0n) is 10.5. The van der Waals surface area contributed by atoms with E-state index in [1.165, 1.54) is 18.2 Å². The first-order chi connectivity index (χ1) is 9.97.